The quantitative estimate of drug-likeness (QED) is 0.597. The molecule has 0 aromatic heterocycles. The van der Waals surface area contributed by atoms with E-state index in [1.54, 1.807) is 36.3 Å². The number of aliphatic carboxylic acids is 1. The number of amides is 1. The van der Waals surface area contributed by atoms with Crippen molar-refractivity contribution in [3.05, 3.63) is 82.7 Å². The topological polar surface area (TPSA) is 76.1 Å². The average molecular weight is 476 g/mol. The van der Waals surface area contributed by atoms with Crippen molar-refractivity contribution in [1.29, 1.82) is 0 Å². The summed E-state index contributed by atoms with van der Waals surface area (Å²) in [5, 5.41) is 9.23. The summed E-state index contributed by atoms with van der Waals surface area (Å²) >= 11 is 0. The van der Waals surface area contributed by atoms with E-state index in [4.69, 9.17) is 9.47 Å². The van der Waals surface area contributed by atoms with Gasteiger partial charge in [0.25, 0.3) is 0 Å². The van der Waals surface area contributed by atoms with Crippen LogP contribution < -0.4 is 9.47 Å². The fourth-order valence-corrected chi connectivity index (χ4v) is 5.07. The van der Waals surface area contributed by atoms with Gasteiger partial charge >= 0.3 is 5.97 Å². The van der Waals surface area contributed by atoms with Crippen molar-refractivity contribution in [2.75, 3.05) is 20.3 Å². The van der Waals surface area contributed by atoms with Crippen LogP contribution in [0.15, 0.2) is 54.6 Å². The van der Waals surface area contributed by atoms with Gasteiger partial charge in [-0.3, -0.25) is 9.59 Å². The summed E-state index contributed by atoms with van der Waals surface area (Å²) in [5.41, 5.74) is 4.38. The van der Waals surface area contributed by atoms with Crippen LogP contribution in [-0.4, -0.2) is 42.1 Å². The van der Waals surface area contributed by atoms with Crippen LogP contribution in [0.1, 0.15) is 22.3 Å². The van der Waals surface area contributed by atoms with Gasteiger partial charge in [0, 0.05) is 18.7 Å². The molecule has 5 rings (SSSR count). The fourth-order valence-electron chi connectivity index (χ4n) is 5.07. The molecule has 7 heteroatoms. The summed E-state index contributed by atoms with van der Waals surface area (Å²) in [6.07, 6.45) is 0.885. The average Bonchev–Trinajstić information content (AvgIpc) is 2.87. The molecule has 0 saturated carbocycles. The van der Waals surface area contributed by atoms with Crippen LogP contribution in [0.4, 0.5) is 4.39 Å². The molecule has 35 heavy (non-hydrogen) atoms. The zero-order chi connectivity index (χ0) is 24.5. The van der Waals surface area contributed by atoms with Crippen molar-refractivity contribution in [3.63, 3.8) is 0 Å². The molecule has 0 spiro atoms. The van der Waals surface area contributed by atoms with Crippen molar-refractivity contribution in [2.45, 2.75) is 25.8 Å². The number of rotatable bonds is 5. The first kappa shape index (κ1) is 22.9. The van der Waals surface area contributed by atoms with E-state index in [1.165, 1.54) is 6.07 Å². The summed E-state index contributed by atoms with van der Waals surface area (Å²) < 4.78 is 26.2. The summed E-state index contributed by atoms with van der Waals surface area (Å²) in [4.78, 5) is 26.5. The number of hydrogen-bond acceptors (Lipinski definition) is 4. The van der Waals surface area contributed by atoms with Gasteiger partial charge in [0.1, 0.15) is 23.9 Å². The lowest BCUT2D eigenvalue weighted by Gasteiger charge is -2.34. The summed E-state index contributed by atoms with van der Waals surface area (Å²) in [6.45, 7) is 1.02. The smallest absolute Gasteiger partial charge is 0.307 e. The second kappa shape index (κ2) is 9.41. The Morgan fingerprint density at radius 2 is 1.94 bits per heavy atom. The standard InChI is InChI=1S/C28H26FNO5/c1-34-26-9-6-17(13-27(31)32)12-22(26)20-7-8-24(29)21-10-11-30(15-23(20)21)28(33)19-14-18-4-2-3-5-25(18)35-16-19/h2-9,12,19H,10-11,13-16H2,1H3,(H,31,32). The van der Waals surface area contributed by atoms with Gasteiger partial charge < -0.3 is 19.5 Å². The molecule has 1 N–H and O–H groups in total. The van der Waals surface area contributed by atoms with E-state index in [0.29, 0.717) is 48.4 Å². The van der Waals surface area contributed by atoms with Crippen LogP contribution in [0.5, 0.6) is 11.5 Å². The Morgan fingerprint density at radius 3 is 2.74 bits per heavy atom. The van der Waals surface area contributed by atoms with Crippen LogP contribution in [0, 0.1) is 11.7 Å². The van der Waals surface area contributed by atoms with Crippen LogP contribution in [0.3, 0.4) is 0 Å². The molecule has 2 aliphatic heterocycles. The molecule has 180 valence electrons. The molecular formula is C28H26FNO5. The first-order valence-electron chi connectivity index (χ1n) is 11.6. The molecule has 1 atom stereocenters. The molecule has 0 aliphatic carbocycles. The van der Waals surface area contributed by atoms with Crippen molar-refractivity contribution in [2.24, 2.45) is 5.92 Å². The lowest BCUT2D eigenvalue weighted by molar-refractivity contribution is -0.138. The molecule has 0 radical (unpaired) electrons. The first-order valence-corrected chi connectivity index (χ1v) is 11.6. The second-order valence-electron chi connectivity index (χ2n) is 8.99. The Kier molecular flexibility index (Phi) is 6.16. The number of ether oxygens (including phenoxy) is 2. The van der Waals surface area contributed by atoms with Crippen LogP contribution in [-0.2, 0) is 35.4 Å². The van der Waals surface area contributed by atoms with Gasteiger partial charge in [-0.05, 0) is 64.9 Å². The van der Waals surface area contributed by atoms with E-state index in [2.05, 4.69) is 0 Å². The number of carboxylic acid groups (broad SMARTS) is 1. The molecule has 6 nitrogen and oxygen atoms in total. The van der Waals surface area contributed by atoms with Gasteiger partial charge in [-0.15, -0.1) is 0 Å². The summed E-state index contributed by atoms with van der Waals surface area (Å²) in [7, 11) is 1.54. The van der Waals surface area contributed by atoms with Gasteiger partial charge in [0.15, 0.2) is 0 Å². The van der Waals surface area contributed by atoms with Crippen LogP contribution >= 0.6 is 0 Å². The van der Waals surface area contributed by atoms with Gasteiger partial charge in [-0.2, -0.15) is 0 Å². The second-order valence-corrected chi connectivity index (χ2v) is 8.99. The predicted octanol–water partition coefficient (Wildman–Crippen LogP) is 4.26. The zero-order valence-corrected chi connectivity index (χ0v) is 19.4. The van der Waals surface area contributed by atoms with Crippen molar-refractivity contribution >= 4 is 11.9 Å². The lowest BCUT2D eigenvalue weighted by Crippen LogP contribution is -2.43. The maximum atomic E-state index is 14.8. The molecule has 2 aliphatic rings. The SMILES string of the molecule is COc1ccc(CC(=O)O)cc1-c1ccc(F)c2c1CN(C(=O)C1COc3ccccc3C1)CC2. The molecular weight excluding hydrogens is 449 g/mol. The molecule has 3 aromatic rings. The number of methoxy groups -OCH3 is 1. The number of nitrogens with zero attached hydrogens (tertiary/aromatic N) is 1. The van der Waals surface area contributed by atoms with Crippen LogP contribution in [0.25, 0.3) is 11.1 Å². The highest BCUT2D eigenvalue weighted by Gasteiger charge is 2.33. The monoisotopic (exact) mass is 475 g/mol. The van der Waals surface area contributed by atoms with Gasteiger partial charge in [-0.1, -0.05) is 30.3 Å². The maximum absolute atomic E-state index is 14.8. The Labute approximate surface area is 202 Å². The number of para-hydroxylation sites is 1. The number of benzene rings is 3. The van der Waals surface area contributed by atoms with E-state index in [1.807, 2.05) is 24.3 Å². The third kappa shape index (κ3) is 4.46. The van der Waals surface area contributed by atoms with Crippen molar-refractivity contribution < 1.29 is 28.6 Å². The number of carboxylic acids is 1. The summed E-state index contributed by atoms with van der Waals surface area (Å²) in [6, 6.07) is 16.1. The van der Waals surface area contributed by atoms with Crippen LogP contribution in [0.2, 0.25) is 0 Å². The third-order valence-corrected chi connectivity index (χ3v) is 6.80. The minimum atomic E-state index is -0.935. The lowest BCUT2D eigenvalue weighted by atomic mass is 9.88. The number of carbonyl (C=O) groups is 2. The number of fused-ring (bicyclic) bond motifs is 2. The molecule has 0 bridgehead atoms. The van der Waals surface area contributed by atoms with E-state index in [-0.39, 0.29) is 30.6 Å². The maximum Gasteiger partial charge on any atom is 0.307 e. The van der Waals surface area contributed by atoms with E-state index in [9.17, 15) is 19.1 Å². The number of hydrogen-bond donors (Lipinski definition) is 1. The van der Waals surface area contributed by atoms with E-state index >= 15 is 0 Å². The van der Waals surface area contributed by atoms with E-state index < -0.39 is 5.97 Å². The van der Waals surface area contributed by atoms with Gasteiger partial charge in [0.2, 0.25) is 5.91 Å². The highest BCUT2D eigenvalue weighted by molar-refractivity contribution is 5.82. The number of carbonyl (C=O) groups excluding carboxylic acids is 1. The predicted molar refractivity (Wildman–Crippen MR) is 128 cm³/mol. The molecule has 0 fully saturated rings. The molecule has 2 heterocycles. The Balaban J connectivity index is 1.47. The molecule has 1 unspecified atom stereocenters. The van der Waals surface area contributed by atoms with Crippen molar-refractivity contribution in [1.82, 2.24) is 4.90 Å². The van der Waals surface area contributed by atoms with E-state index in [0.717, 1.165) is 22.4 Å². The Hall–Kier alpha value is -3.87. The highest BCUT2D eigenvalue weighted by atomic mass is 19.1. The fraction of sp³-hybridized carbons (Fsp3) is 0.286. The molecule has 1 amide bonds. The molecule has 0 saturated heterocycles. The summed E-state index contributed by atoms with van der Waals surface area (Å²) in [5.74, 6) is -0.155. The third-order valence-electron chi connectivity index (χ3n) is 6.80. The van der Waals surface area contributed by atoms with Crippen molar-refractivity contribution in [3.8, 4) is 22.6 Å². The van der Waals surface area contributed by atoms with Gasteiger partial charge in [0.05, 0.1) is 19.4 Å². The zero-order valence-electron chi connectivity index (χ0n) is 19.4. The first-order chi connectivity index (χ1) is 16.9. The highest BCUT2D eigenvalue weighted by Crippen LogP contribution is 2.38. The Morgan fingerprint density at radius 1 is 1.11 bits per heavy atom. The van der Waals surface area contributed by atoms with Gasteiger partial charge in [-0.25, -0.2) is 4.39 Å². The largest absolute Gasteiger partial charge is 0.496 e. The minimum Gasteiger partial charge on any atom is -0.496 e. The normalized spacial score (nSPS) is 16.6. The Bertz CT molecular complexity index is 1300. The number of halogens is 1. The molecule has 3 aromatic carbocycles. The minimum absolute atomic E-state index is 0.00745.